The molecule has 18 heavy (non-hydrogen) atoms. The van der Waals surface area contributed by atoms with Crippen LogP contribution >= 0.6 is 0 Å². The van der Waals surface area contributed by atoms with Crippen molar-refractivity contribution in [2.24, 2.45) is 0 Å². The van der Waals surface area contributed by atoms with Gasteiger partial charge in [0.05, 0.1) is 11.6 Å². The maximum atomic E-state index is 10.4. The van der Waals surface area contributed by atoms with Crippen molar-refractivity contribution in [1.82, 2.24) is 0 Å². The lowest BCUT2D eigenvalue weighted by atomic mass is 10.0. The van der Waals surface area contributed by atoms with Gasteiger partial charge in [-0.2, -0.15) is 5.26 Å². The largest absolute Gasteiger partial charge is 0.303 e. The number of aryl methyl sites for hydroxylation is 1. The number of hydrogen-bond donors (Lipinski definition) is 0. The third-order valence-corrected chi connectivity index (χ3v) is 2.83. The summed E-state index contributed by atoms with van der Waals surface area (Å²) in [5.74, 6) is 0. The standard InChI is InChI=1S/C16H13NO/c17-12-14-6-8-15(9-7-14)16-5-1-3-13(11-16)4-2-10-18/h1,3,5-11H,2,4H2. The van der Waals surface area contributed by atoms with Gasteiger partial charge in [-0.25, -0.2) is 0 Å². The summed E-state index contributed by atoms with van der Waals surface area (Å²) in [6, 6.07) is 17.8. The molecule has 0 aliphatic heterocycles. The first-order valence-electron chi connectivity index (χ1n) is 5.86. The molecule has 2 aromatic carbocycles. The van der Waals surface area contributed by atoms with Gasteiger partial charge in [0.15, 0.2) is 0 Å². The second-order valence-corrected chi connectivity index (χ2v) is 4.09. The van der Waals surface area contributed by atoms with Crippen LogP contribution < -0.4 is 0 Å². The van der Waals surface area contributed by atoms with E-state index in [1.54, 1.807) is 0 Å². The van der Waals surface area contributed by atoms with Crippen LogP contribution in [0.2, 0.25) is 0 Å². The highest BCUT2D eigenvalue weighted by Gasteiger charge is 2.00. The highest BCUT2D eigenvalue weighted by atomic mass is 16.1. The zero-order valence-corrected chi connectivity index (χ0v) is 9.97. The molecule has 0 fully saturated rings. The van der Waals surface area contributed by atoms with E-state index < -0.39 is 0 Å². The Morgan fingerprint density at radius 3 is 2.50 bits per heavy atom. The summed E-state index contributed by atoms with van der Waals surface area (Å²) in [6.07, 6.45) is 2.26. The fourth-order valence-electron chi connectivity index (χ4n) is 1.87. The maximum Gasteiger partial charge on any atom is 0.120 e. The zero-order chi connectivity index (χ0) is 12.8. The van der Waals surface area contributed by atoms with E-state index in [0.29, 0.717) is 12.0 Å². The van der Waals surface area contributed by atoms with Crippen molar-refractivity contribution < 1.29 is 4.79 Å². The van der Waals surface area contributed by atoms with Crippen LogP contribution in [0.4, 0.5) is 0 Å². The SMILES string of the molecule is N#Cc1ccc(-c2cccc(CCC=O)c2)cc1. The normalized spacial score (nSPS) is 9.72. The first-order valence-corrected chi connectivity index (χ1v) is 5.86. The van der Waals surface area contributed by atoms with Crippen molar-refractivity contribution in [1.29, 1.82) is 5.26 Å². The summed E-state index contributed by atoms with van der Waals surface area (Å²) in [5, 5.41) is 8.76. The Morgan fingerprint density at radius 2 is 1.83 bits per heavy atom. The average Bonchev–Trinajstić information content (AvgIpc) is 2.45. The molecule has 88 valence electrons. The molecule has 0 aliphatic carbocycles. The predicted octanol–water partition coefficient (Wildman–Crippen LogP) is 3.36. The minimum absolute atomic E-state index is 0.552. The van der Waals surface area contributed by atoms with Crippen molar-refractivity contribution >= 4 is 6.29 Å². The van der Waals surface area contributed by atoms with Crippen LogP contribution in [0.3, 0.4) is 0 Å². The highest BCUT2D eigenvalue weighted by molar-refractivity contribution is 5.65. The summed E-state index contributed by atoms with van der Waals surface area (Å²) in [6.45, 7) is 0. The quantitative estimate of drug-likeness (QED) is 0.762. The fraction of sp³-hybridized carbons (Fsp3) is 0.125. The lowest BCUT2D eigenvalue weighted by Gasteiger charge is -2.04. The first-order chi connectivity index (χ1) is 8.83. The van der Waals surface area contributed by atoms with Gasteiger partial charge in [0.25, 0.3) is 0 Å². The van der Waals surface area contributed by atoms with E-state index in [-0.39, 0.29) is 0 Å². The molecule has 0 aliphatic rings. The van der Waals surface area contributed by atoms with Gasteiger partial charge in [0.1, 0.15) is 6.29 Å². The molecule has 0 spiro atoms. The molecule has 0 unspecified atom stereocenters. The maximum absolute atomic E-state index is 10.4. The molecule has 2 aromatic rings. The lowest BCUT2D eigenvalue weighted by Crippen LogP contribution is -1.87. The third-order valence-electron chi connectivity index (χ3n) is 2.83. The second kappa shape index (κ2) is 5.79. The average molecular weight is 235 g/mol. The predicted molar refractivity (Wildman–Crippen MR) is 71.0 cm³/mol. The van der Waals surface area contributed by atoms with Crippen LogP contribution in [0.15, 0.2) is 48.5 Å². The van der Waals surface area contributed by atoms with Gasteiger partial charge >= 0.3 is 0 Å². The van der Waals surface area contributed by atoms with Gasteiger partial charge in [-0.3, -0.25) is 0 Å². The smallest absolute Gasteiger partial charge is 0.120 e. The Balaban J connectivity index is 2.26. The van der Waals surface area contributed by atoms with Gasteiger partial charge in [-0.15, -0.1) is 0 Å². The molecule has 0 saturated heterocycles. The van der Waals surface area contributed by atoms with Crippen LogP contribution in [-0.4, -0.2) is 6.29 Å². The number of hydrogen-bond acceptors (Lipinski definition) is 2. The number of rotatable bonds is 4. The van der Waals surface area contributed by atoms with E-state index in [2.05, 4.69) is 12.1 Å². The number of carbonyl (C=O) groups excluding carboxylic acids is 1. The molecular formula is C16H13NO. The molecule has 0 radical (unpaired) electrons. The molecule has 0 heterocycles. The van der Waals surface area contributed by atoms with E-state index in [9.17, 15) is 4.79 Å². The van der Waals surface area contributed by atoms with E-state index in [1.807, 2.05) is 42.5 Å². The van der Waals surface area contributed by atoms with Gasteiger partial charge in [-0.05, 0) is 35.2 Å². The summed E-state index contributed by atoms with van der Waals surface area (Å²) in [5.41, 5.74) is 4.02. The summed E-state index contributed by atoms with van der Waals surface area (Å²) in [7, 11) is 0. The van der Waals surface area contributed by atoms with Crippen LogP contribution in [0.1, 0.15) is 17.5 Å². The van der Waals surface area contributed by atoms with Crippen LogP contribution in [-0.2, 0) is 11.2 Å². The fourth-order valence-corrected chi connectivity index (χ4v) is 1.87. The molecular weight excluding hydrogens is 222 g/mol. The lowest BCUT2D eigenvalue weighted by molar-refractivity contribution is -0.107. The van der Waals surface area contributed by atoms with Crippen LogP contribution in [0.5, 0.6) is 0 Å². The van der Waals surface area contributed by atoms with E-state index in [1.165, 1.54) is 0 Å². The van der Waals surface area contributed by atoms with E-state index in [0.717, 1.165) is 29.4 Å². The molecule has 2 nitrogen and oxygen atoms in total. The van der Waals surface area contributed by atoms with Crippen molar-refractivity contribution in [2.45, 2.75) is 12.8 Å². The second-order valence-electron chi connectivity index (χ2n) is 4.09. The molecule has 0 N–H and O–H groups in total. The van der Waals surface area contributed by atoms with Crippen molar-refractivity contribution in [3.8, 4) is 17.2 Å². The minimum atomic E-state index is 0.552. The summed E-state index contributed by atoms with van der Waals surface area (Å²) >= 11 is 0. The zero-order valence-electron chi connectivity index (χ0n) is 9.97. The molecule has 0 bridgehead atoms. The monoisotopic (exact) mass is 235 g/mol. The number of benzene rings is 2. The highest BCUT2D eigenvalue weighted by Crippen LogP contribution is 2.21. The molecule has 2 heteroatoms. The Kier molecular flexibility index (Phi) is 3.88. The molecule has 0 saturated carbocycles. The summed E-state index contributed by atoms with van der Waals surface area (Å²) < 4.78 is 0. The third kappa shape index (κ3) is 2.83. The van der Waals surface area contributed by atoms with Gasteiger partial charge < -0.3 is 4.79 Å². The molecule has 0 aromatic heterocycles. The minimum Gasteiger partial charge on any atom is -0.303 e. The van der Waals surface area contributed by atoms with Crippen molar-refractivity contribution in [3.63, 3.8) is 0 Å². The van der Waals surface area contributed by atoms with Gasteiger partial charge in [0.2, 0.25) is 0 Å². The number of nitrogens with zero attached hydrogens (tertiary/aromatic N) is 1. The summed E-state index contributed by atoms with van der Waals surface area (Å²) in [4.78, 5) is 10.4. The first kappa shape index (κ1) is 12.1. The number of aldehydes is 1. The van der Waals surface area contributed by atoms with Gasteiger partial charge in [-0.1, -0.05) is 36.4 Å². The van der Waals surface area contributed by atoms with E-state index >= 15 is 0 Å². The Labute approximate surface area is 107 Å². The Morgan fingerprint density at radius 1 is 1.06 bits per heavy atom. The van der Waals surface area contributed by atoms with E-state index in [4.69, 9.17) is 5.26 Å². The molecule has 0 amide bonds. The van der Waals surface area contributed by atoms with Crippen LogP contribution in [0.25, 0.3) is 11.1 Å². The van der Waals surface area contributed by atoms with Crippen LogP contribution in [0, 0.1) is 11.3 Å². The van der Waals surface area contributed by atoms with Gasteiger partial charge in [0, 0.05) is 6.42 Å². The molecule has 0 atom stereocenters. The van der Waals surface area contributed by atoms with Crippen molar-refractivity contribution in [2.75, 3.05) is 0 Å². The Hall–Kier alpha value is -2.40. The molecule has 2 rings (SSSR count). The Bertz CT molecular complexity index is 579. The topological polar surface area (TPSA) is 40.9 Å². The number of carbonyl (C=O) groups is 1. The van der Waals surface area contributed by atoms with Crippen molar-refractivity contribution in [3.05, 3.63) is 59.7 Å². The number of nitriles is 1.